The van der Waals surface area contributed by atoms with Crippen LogP contribution in [0.4, 0.5) is 5.69 Å². The van der Waals surface area contributed by atoms with Gasteiger partial charge in [-0.25, -0.2) is 0 Å². The molecule has 6 heteroatoms. The highest BCUT2D eigenvalue weighted by Gasteiger charge is 2.21. The Bertz CT molecular complexity index is 789. The van der Waals surface area contributed by atoms with Gasteiger partial charge >= 0.3 is 0 Å². The summed E-state index contributed by atoms with van der Waals surface area (Å²) in [4.78, 5) is 30.1. The summed E-state index contributed by atoms with van der Waals surface area (Å²) in [5.41, 5.74) is 1.86. The third kappa shape index (κ3) is 4.98. The maximum absolute atomic E-state index is 12.5. The zero-order valence-corrected chi connectivity index (χ0v) is 16.3. The van der Waals surface area contributed by atoms with E-state index in [-0.39, 0.29) is 11.7 Å². The number of hydrogen-bond acceptors (Lipinski definition) is 5. The molecule has 0 bridgehead atoms. The fourth-order valence-corrected chi connectivity index (χ4v) is 3.28. The number of Topliss-reactive ketones (excluding diaryl/α,β-unsaturated/α-hetero) is 1. The summed E-state index contributed by atoms with van der Waals surface area (Å²) in [5.74, 6) is 1.85. The van der Waals surface area contributed by atoms with E-state index in [1.807, 2.05) is 50.4 Å². The monoisotopic (exact) mass is 369 g/mol. The molecule has 1 aromatic carbocycles. The molecule has 0 saturated carbocycles. The number of rotatable bonds is 6. The van der Waals surface area contributed by atoms with Gasteiger partial charge in [0, 0.05) is 44.5 Å². The Morgan fingerprint density at radius 2 is 1.70 bits per heavy atom. The van der Waals surface area contributed by atoms with Crippen molar-refractivity contribution in [3.8, 4) is 0 Å². The summed E-state index contributed by atoms with van der Waals surface area (Å²) >= 11 is 0. The minimum absolute atomic E-state index is 0.0821. The van der Waals surface area contributed by atoms with Gasteiger partial charge in [-0.1, -0.05) is 0 Å². The van der Waals surface area contributed by atoms with Gasteiger partial charge in [-0.15, -0.1) is 0 Å². The van der Waals surface area contributed by atoms with Crippen LogP contribution in [0.25, 0.3) is 0 Å². The summed E-state index contributed by atoms with van der Waals surface area (Å²) in [6, 6.07) is 11.6. The molecule has 144 valence electrons. The number of benzene rings is 1. The van der Waals surface area contributed by atoms with Crippen molar-refractivity contribution in [2.75, 3.05) is 44.7 Å². The van der Waals surface area contributed by atoms with Crippen molar-refractivity contribution in [1.82, 2.24) is 9.80 Å². The first-order valence-corrected chi connectivity index (χ1v) is 9.30. The Balaban J connectivity index is 1.47. The van der Waals surface area contributed by atoms with E-state index in [0.717, 1.165) is 49.0 Å². The number of carbonyl (C=O) groups excluding carboxylic acids is 2. The van der Waals surface area contributed by atoms with Gasteiger partial charge in [0.1, 0.15) is 11.5 Å². The Morgan fingerprint density at radius 3 is 2.26 bits per heavy atom. The number of aryl methyl sites for hydroxylation is 1. The SMILES string of the molecule is CC(=O)c1ccc(N2CCN(CC(=O)N(C)Cc3ccc(C)o3)CC2)cc1. The maximum atomic E-state index is 12.5. The first kappa shape index (κ1) is 19.2. The Kier molecular flexibility index (Phi) is 5.96. The smallest absolute Gasteiger partial charge is 0.236 e. The summed E-state index contributed by atoms with van der Waals surface area (Å²) in [6.45, 7) is 7.82. The molecule has 2 aromatic rings. The van der Waals surface area contributed by atoms with Crippen LogP contribution in [0.5, 0.6) is 0 Å². The molecule has 1 saturated heterocycles. The van der Waals surface area contributed by atoms with E-state index < -0.39 is 0 Å². The van der Waals surface area contributed by atoms with Gasteiger partial charge in [0.2, 0.25) is 5.91 Å². The highest BCUT2D eigenvalue weighted by Crippen LogP contribution is 2.18. The zero-order valence-electron chi connectivity index (χ0n) is 16.3. The molecular formula is C21H27N3O3. The quantitative estimate of drug-likeness (QED) is 0.733. The molecule has 6 nitrogen and oxygen atoms in total. The first-order chi connectivity index (χ1) is 12.9. The van der Waals surface area contributed by atoms with Gasteiger partial charge in [-0.3, -0.25) is 14.5 Å². The van der Waals surface area contributed by atoms with Crippen LogP contribution in [-0.4, -0.2) is 61.3 Å². The molecule has 27 heavy (non-hydrogen) atoms. The molecule has 3 rings (SSSR count). The van der Waals surface area contributed by atoms with E-state index in [2.05, 4.69) is 9.80 Å². The minimum Gasteiger partial charge on any atom is -0.464 e. The number of piperazine rings is 1. The largest absolute Gasteiger partial charge is 0.464 e. The predicted octanol–water partition coefficient (Wildman–Crippen LogP) is 2.57. The highest BCUT2D eigenvalue weighted by atomic mass is 16.3. The van der Waals surface area contributed by atoms with Crippen LogP contribution in [0.1, 0.15) is 28.8 Å². The number of carbonyl (C=O) groups is 2. The van der Waals surface area contributed by atoms with E-state index in [0.29, 0.717) is 13.1 Å². The van der Waals surface area contributed by atoms with Crippen LogP contribution in [0.15, 0.2) is 40.8 Å². The van der Waals surface area contributed by atoms with Gasteiger partial charge in [-0.05, 0) is 50.2 Å². The number of ketones is 1. The second-order valence-corrected chi connectivity index (χ2v) is 7.13. The van der Waals surface area contributed by atoms with Gasteiger partial charge in [0.05, 0.1) is 13.1 Å². The number of furan rings is 1. The third-order valence-electron chi connectivity index (χ3n) is 4.98. The molecule has 0 atom stereocenters. The molecule has 0 N–H and O–H groups in total. The van der Waals surface area contributed by atoms with Crippen LogP contribution >= 0.6 is 0 Å². The normalized spacial score (nSPS) is 15.0. The molecule has 1 aromatic heterocycles. The Hall–Kier alpha value is -2.60. The molecule has 1 fully saturated rings. The average molecular weight is 369 g/mol. The molecule has 1 amide bonds. The molecular weight excluding hydrogens is 342 g/mol. The highest BCUT2D eigenvalue weighted by molar-refractivity contribution is 5.94. The summed E-state index contributed by atoms with van der Waals surface area (Å²) in [7, 11) is 1.81. The van der Waals surface area contributed by atoms with Crippen LogP contribution in [-0.2, 0) is 11.3 Å². The van der Waals surface area contributed by atoms with Gasteiger partial charge in [0.25, 0.3) is 0 Å². The topological polar surface area (TPSA) is 57.0 Å². The predicted molar refractivity (Wildman–Crippen MR) is 105 cm³/mol. The number of nitrogens with zero attached hydrogens (tertiary/aromatic N) is 3. The fourth-order valence-electron chi connectivity index (χ4n) is 3.28. The standard InChI is InChI=1S/C21H27N3O3/c1-16-4-9-20(27-16)14-22(3)21(26)15-23-10-12-24(13-11-23)19-7-5-18(6-8-19)17(2)25/h4-9H,10-15H2,1-3H3. The summed E-state index contributed by atoms with van der Waals surface area (Å²) in [5, 5.41) is 0. The van der Waals surface area contributed by atoms with Crippen molar-refractivity contribution in [3.63, 3.8) is 0 Å². The van der Waals surface area contributed by atoms with Gasteiger partial charge in [-0.2, -0.15) is 0 Å². The van der Waals surface area contributed by atoms with E-state index in [4.69, 9.17) is 4.42 Å². The van der Waals surface area contributed by atoms with E-state index in [1.165, 1.54) is 0 Å². The molecule has 1 aliphatic rings. The molecule has 0 radical (unpaired) electrons. The molecule has 1 aliphatic heterocycles. The lowest BCUT2D eigenvalue weighted by Gasteiger charge is -2.36. The molecule has 0 unspecified atom stereocenters. The first-order valence-electron chi connectivity index (χ1n) is 9.30. The summed E-state index contributed by atoms with van der Waals surface area (Å²) in [6.07, 6.45) is 0. The van der Waals surface area contributed by atoms with Crippen LogP contribution < -0.4 is 4.90 Å². The van der Waals surface area contributed by atoms with Crippen molar-refractivity contribution in [1.29, 1.82) is 0 Å². The number of likely N-dealkylation sites (N-methyl/N-ethyl adjacent to an activating group) is 1. The fraction of sp³-hybridized carbons (Fsp3) is 0.429. The van der Waals surface area contributed by atoms with Crippen molar-refractivity contribution in [2.24, 2.45) is 0 Å². The van der Waals surface area contributed by atoms with E-state index in [9.17, 15) is 9.59 Å². The summed E-state index contributed by atoms with van der Waals surface area (Å²) < 4.78 is 5.55. The average Bonchev–Trinajstić information content (AvgIpc) is 3.07. The van der Waals surface area contributed by atoms with Crippen molar-refractivity contribution in [2.45, 2.75) is 20.4 Å². The minimum atomic E-state index is 0.0821. The lowest BCUT2D eigenvalue weighted by atomic mass is 10.1. The van der Waals surface area contributed by atoms with Gasteiger partial charge < -0.3 is 14.2 Å². The Morgan fingerprint density at radius 1 is 1.04 bits per heavy atom. The third-order valence-corrected chi connectivity index (χ3v) is 4.98. The van der Waals surface area contributed by atoms with E-state index in [1.54, 1.807) is 11.8 Å². The lowest BCUT2D eigenvalue weighted by Crippen LogP contribution is -2.49. The van der Waals surface area contributed by atoms with Crippen LogP contribution in [0.2, 0.25) is 0 Å². The number of amides is 1. The van der Waals surface area contributed by atoms with E-state index >= 15 is 0 Å². The van der Waals surface area contributed by atoms with Crippen LogP contribution in [0, 0.1) is 6.92 Å². The second kappa shape index (κ2) is 8.39. The van der Waals surface area contributed by atoms with Crippen molar-refractivity contribution < 1.29 is 14.0 Å². The zero-order chi connectivity index (χ0) is 19.4. The molecule has 2 heterocycles. The Labute approximate surface area is 160 Å². The van der Waals surface area contributed by atoms with Gasteiger partial charge in [0.15, 0.2) is 5.78 Å². The van der Waals surface area contributed by atoms with Crippen molar-refractivity contribution in [3.05, 3.63) is 53.5 Å². The molecule has 0 spiro atoms. The maximum Gasteiger partial charge on any atom is 0.236 e. The molecule has 0 aliphatic carbocycles. The second-order valence-electron chi connectivity index (χ2n) is 7.13. The lowest BCUT2D eigenvalue weighted by molar-refractivity contribution is -0.132. The van der Waals surface area contributed by atoms with Crippen molar-refractivity contribution >= 4 is 17.4 Å². The number of anilines is 1. The number of hydrogen-bond donors (Lipinski definition) is 0. The van der Waals surface area contributed by atoms with Crippen LogP contribution in [0.3, 0.4) is 0 Å².